The van der Waals surface area contributed by atoms with Gasteiger partial charge >= 0.3 is 5.97 Å². The molecule has 0 atom stereocenters. The molecule has 2 N–H and O–H groups in total. The fraction of sp³-hybridized carbons (Fsp3) is 0.200. The molecule has 7 heteroatoms. The zero-order valence-electron chi connectivity index (χ0n) is 9.20. The molecule has 0 aliphatic carbocycles. The summed E-state index contributed by atoms with van der Waals surface area (Å²) in [6, 6.07) is 5.25. The lowest BCUT2D eigenvalue weighted by molar-refractivity contribution is 0.0520. The van der Waals surface area contributed by atoms with Crippen molar-refractivity contribution in [2.45, 2.75) is 6.92 Å². The molecule has 0 spiro atoms. The summed E-state index contributed by atoms with van der Waals surface area (Å²) >= 11 is 0. The Morgan fingerprint density at radius 3 is 2.94 bits per heavy atom. The first-order chi connectivity index (χ1) is 8.22. The Morgan fingerprint density at radius 1 is 1.47 bits per heavy atom. The van der Waals surface area contributed by atoms with Crippen LogP contribution in [-0.4, -0.2) is 32.6 Å². The van der Waals surface area contributed by atoms with E-state index >= 15 is 0 Å². The van der Waals surface area contributed by atoms with E-state index in [1.54, 1.807) is 31.3 Å². The van der Waals surface area contributed by atoms with Gasteiger partial charge in [-0.15, -0.1) is 15.0 Å². The number of ether oxygens (including phenoxy) is 1. The number of aromatic nitrogens is 4. The molecule has 0 fully saturated rings. The van der Waals surface area contributed by atoms with Crippen molar-refractivity contribution < 1.29 is 9.53 Å². The number of nitrogens with two attached hydrogens (primary N) is 1. The number of nitrogens with zero attached hydrogens (tertiary/aromatic N) is 4. The molecule has 2 aromatic heterocycles. The molecule has 0 saturated heterocycles. The molecule has 2 heterocycles. The number of pyridine rings is 1. The van der Waals surface area contributed by atoms with Crippen LogP contribution in [0, 0.1) is 0 Å². The SMILES string of the molecule is CCOC(=O)c1nn(-c2ccccn2)nc1N. The van der Waals surface area contributed by atoms with Crippen LogP contribution in [0.25, 0.3) is 5.82 Å². The van der Waals surface area contributed by atoms with E-state index in [2.05, 4.69) is 15.2 Å². The highest BCUT2D eigenvalue weighted by molar-refractivity contribution is 5.91. The van der Waals surface area contributed by atoms with Crippen molar-refractivity contribution in [2.24, 2.45) is 0 Å². The Hall–Kier alpha value is -2.44. The van der Waals surface area contributed by atoms with E-state index in [4.69, 9.17) is 10.5 Å². The number of carbonyl (C=O) groups is 1. The van der Waals surface area contributed by atoms with Crippen LogP contribution in [0.2, 0.25) is 0 Å². The van der Waals surface area contributed by atoms with Gasteiger partial charge in [-0.2, -0.15) is 0 Å². The lowest BCUT2D eigenvalue weighted by Crippen LogP contribution is -2.08. The van der Waals surface area contributed by atoms with Crippen LogP contribution >= 0.6 is 0 Å². The van der Waals surface area contributed by atoms with Crippen molar-refractivity contribution in [3.8, 4) is 5.82 Å². The van der Waals surface area contributed by atoms with Gasteiger partial charge in [0.15, 0.2) is 11.6 Å². The van der Waals surface area contributed by atoms with Gasteiger partial charge in [0.2, 0.25) is 5.69 Å². The van der Waals surface area contributed by atoms with Crippen molar-refractivity contribution in [3.63, 3.8) is 0 Å². The standard InChI is InChI=1S/C10H11N5O2/c1-2-17-10(16)8-9(11)14-15(13-8)7-5-3-4-6-12-7/h3-6H,2H2,1H3,(H2,11,14). The number of carbonyl (C=O) groups excluding carboxylic acids is 1. The van der Waals surface area contributed by atoms with Crippen LogP contribution in [0.5, 0.6) is 0 Å². The summed E-state index contributed by atoms with van der Waals surface area (Å²) < 4.78 is 4.80. The third kappa shape index (κ3) is 2.22. The average molecular weight is 233 g/mol. The zero-order chi connectivity index (χ0) is 12.3. The van der Waals surface area contributed by atoms with E-state index in [9.17, 15) is 4.79 Å². The molecule has 0 aromatic carbocycles. The first-order valence-corrected chi connectivity index (χ1v) is 5.03. The van der Waals surface area contributed by atoms with Crippen molar-refractivity contribution in [3.05, 3.63) is 30.1 Å². The van der Waals surface area contributed by atoms with Crippen LogP contribution in [0.4, 0.5) is 5.82 Å². The van der Waals surface area contributed by atoms with E-state index < -0.39 is 5.97 Å². The Balaban J connectivity index is 2.34. The second kappa shape index (κ2) is 4.60. The van der Waals surface area contributed by atoms with Gasteiger partial charge in [0.1, 0.15) is 0 Å². The summed E-state index contributed by atoms with van der Waals surface area (Å²) in [5, 5.41) is 7.85. The second-order valence-corrected chi connectivity index (χ2v) is 3.13. The van der Waals surface area contributed by atoms with Gasteiger partial charge in [-0.3, -0.25) is 0 Å². The topological polar surface area (TPSA) is 95.9 Å². The number of rotatable bonds is 3. The molecule has 2 aromatic rings. The molecule has 0 radical (unpaired) electrons. The molecular weight excluding hydrogens is 222 g/mol. The number of esters is 1. The molecule has 0 amide bonds. The van der Waals surface area contributed by atoms with Crippen LogP contribution in [0.15, 0.2) is 24.4 Å². The summed E-state index contributed by atoms with van der Waals surface area (Å²) in [5.41, 5.74) is 5.58. The minimum atomic E-state index is -0.591. The quantitative estimate of drug-likeness (QED) is 0.772. The molecule has 0 aliphatic heterocycles. The van der Waals surface area contributed by atoms with Crippen LogP contribution in [-0.2, 0) is 4.74 Å². The highest BCUT2D eigenvalue weighted by atomic mass is 16.5. The monoisotopic (exact) mass is 233 g/mol. The molecule has 0 aliphatic rings. The second-order valence-electron chi connectivity index (χ2n) is 3.13. The predicted molar refractivity (Wildman–Crippen MR) is 59.5 cm³/mol. The normalized spacial score (nSPS) is 10.2. The Morgan fingerprint density at radius 2 is 2.29 bits per heavy atom. The van der Waals surface area contributed by atoms with Gasteiger partial charge in [0.05, 0.1) is 6.61 Å². The summed E-state index contributed by atoms with van der Waals surface area (Å²) in [7, 11) is 0. The Kier molecular flexibility index (Phi) is 2.99. The van der Waals surface area contributed by atoms with Crippen LogP contribution < -0.4 is 5.73 Å². The molecule has 17 heavy (non-hydrogen) atoms. The number of hydrogen-bond donors (Lipinski definition) is 1. The fourth-order valence-corrected chi connectivity index (χ4v) is 1.24. The van der Waals surface area contributed by atoms with Crippen molar-refractivity contribution in [1.29, 1.82) is 0 Å². The minimum Gasteiger partial charge on any atom is -0.461 e. The largest absolute Gasteiger partial charge is 0.461 e. The molecule has 7 nitrogen and oxygen atoms in total. The lowest BCUT2D eigenvalue weighted by Gasteiger charge is -1.97. The summed E-state index contributed by atoms with van der Waals surface area (Å²) in [6.07, 6.45) is 1.60. The summed E-state index contributed by atoms with van der Waals surface area (Å²) in [6.45, 7) is 1.96. The van der Waals surface area contributed by atoms with E-state index in [1.807, 2.05) is 0 Å². The van der Waals surface area contributed by atoms with Gasteiger partial charge in [-0.05, 0) is 19.1 Å². The first-order valence-electron chi connectivity index (χ1n) is 5.03. The molecular formula is C10H11N5O2. The third-order valence-corrected chi connectivity index (χ3v) is 1.96. The fourth-order valence-electron chi connectivity index (χ4n) is 1.24. The third-order valence-electron chi connectivity index (χ3n) is 1.96. The number of nitrogen functional groups attached to an aromatic ring is 1. The lowest BCUT2D eigenvalue weighted by atomic mass is 10.4. The predicted octanol–water partition coefficient (Wildman–Crippen LogP) is 0.421. The smallest absolute Gasteiger partial charge is 0.362 e. The van der Waals surface area contributed by atoms with Crippen LogP contribution in [0.1, 0.15) is 17.4 Å². The Labute approximate surface area is 97.2 Å². The maximum atomic E-state index is 11.5. The van der Waals surface area contributed by atoms with Gasteiger partial charge in [-0.25, -0.2) is 9.78 Å². The number of anilines is 1. The maximum absolute atomic E-state index is 11.5. The molecule has 0 unspecified atom stereocenters. The minimum absolute atomic E-state index is 0.00231. The maximum Gasteiger partial charge on any atom is 0.362 e. The average Bonchev–Trinajstić information content (AvgIpc) is 2.73. The van der Waals surface area contributed by atoms with Gasteiger partial charge in [0, 0.05) is 6.20 Å². The first kappa shape index (κ1) is 11.1. The summed E-state index contributed by atoms with van der Waals surface area (Å²) in [5.74, 6) is -0.0870. The highest BCUT2D eigenvalue weighted by Crippen LogP contribution is 2.09. The molecule has 0 bridgehead atoms. The van der Waals surface area contributed by atoms with Crippen LogP contribution in [0.3, 0.4) is 0 Å². The van der Waals surface area contributed by atoms with Gasteiger partial charge in [0.25, 0.3) is 0 Å². The highest BCUT2D eigenvalue weighted by Gasteiger charge is 2.18. The number of hydrogen-bond acceptors (Lipinski definition) is 6. The van der Waals surface area contributed by atoms with E-state index in [0.717, 1.165) is 0 Å². The molecule has 88 valence electrons. The van der Waals surface area contributed by atoms with E-state index in [1.165, 1.54) is 4.80 Å². The van der Waals surface area contributed by atoms with Crippen molar-refractivity contribution in [2.75, 3.05) is 12.3 Å². The van der Waals surface area contributed by atoms with Gasteiger partial charge in [-0.1, -0.05) is 6.07 Å². The van der Waals surface area contributed by atoms with E-state index in [0.29, 0.717) is 5.82 Å². The van der Waals surface area contributed by atoms with Crippen molar-refractivity contribution >= 4 is 11.8 Å². The molecule has 2 rings (SSSR count). The zero-order valence-corrected chi connectivity index (χ0v) is 9.20. The summed E-state index contributed by atoms with van der Waals surface area (Å²) in [4.78, 5) is 16.7. The molecule has 0 saturated carbocycles. The van der Waals surface area contributed by atoms with Crippen molar-refractivity contribution in [1.82, 2.24) is 20.0 Å². The van der Waals surface area contributed by atoms with E-state index in [-0.39, 0.29) is 18.1 Å². The Bertz CT molecular complexity index is 523. The van der Waals surface area contributed by atoms with Gasteiger partial charge < -0.3 is 10.5 Å².